The Morgan fingerprint density at radius 2 is 1.67 bits per heavy atom. The van der Waals surface area contributed by atoms with Crippen molar-refractivity contribution in [2.24, 2.45) is 11.7 Å². The maximum atomic E-state index is 11.7. The fraction of sp³-hybridized carbons (Fsp3) is 0.588. The molecule has 1 rings (SSSR count). The Bertz CT molecular complexity index is 415. The lowest BCUT2D eigenvalue weighted by Gasteiger charge is -2.14. The zero-order valence-electron chi connectivity index (χ0n) is 13.5. The smallest absolute Gasteiger partial charge is 0.338 e. The molecule has 0 saturated carbocycles. The SMILES string of the molecule is CC(C)CCC[C@@H](N)c1ccc(C(=O)OC(C)C)cc1.Cl. The molecule has 0 aliphatic carbocycles. The van der Waals surface area contributed by atoms with E-state index in [-0.39, 0.29) is 30.5 Å². The van der Waals surface area contributed by atoms with E-state index in [1.165, 1.54) is 6.42 Å². The highest BCUT2D eigenvalue weighted by atomic mass is 35.5. The Hall–Kier alpha value is -1.06. The number of hydrogen-bond donors (Lipinski definition) is 1. The highest BCUT2D eigenvalue weighted by Gasteiger charge is 2.11. The molecule has 1 aromatic rings. The van der Waals surface area contributed by atoms with Crippen molar-refractivity contribution in [3.63, 3.8) is 0 Å². The molecule has 21 heavy (non-hydrogen) atoms. The number of halogens is 1. The maximum Gasteiger partial charge on any atom is 0.338 e. The van der Waals surface area contributed by atoms with Crippen LogP contribution in [0.4, 0.5) is 0 Å². The van der Waals surface area contributed by atoms with Gasteiger partial charge in [0.25, 0.3) is 0 Å². The molecule has 0 spiro atoms. The fourth-order valence-corrected chi connectivity index (χ4v) is 2.06. The summed E-state index contributed by atoms with van der Waals surface area (Å²) >= 11 is 0. The zero-order valence-corrected chi connectivity index (χ0v) is 14.3. The second-order valence-electron chi connectivity index (χ2n) is 6.01. The van der Waals surface area contributed by atoms with Crippen LogP contribution in [0.1, 0.15) is 68.9 Å². The van der Waals surface area contributed by atoms with Crippen LogP contribution in [0.25, 0.3) is 0 Å². The largest absolute Gasteiger partial charge is 0.459 e. The number of nitrogens with two attached hydrogens (primary N) is 1. The van der Waals surface area contributed by atoms with Gasteiger partial charge in [0, 0.05) is 6.04 Å². The summed E-state index contributed by atoms with van der Waals surface area (Å²) in [7, 11) is 0. The molecular formula is C17H28ClNO2. The van der Waals surface area contributed by atoms with Gasteiger partial charge >= 0.3 is 5.97 Å². The van der Waals surface area contributed by atoms with E-state index in [1.54, 1.807) is 12.1 Å². The summed E-state index contributed by atoms with van der Waals surface area (Å²) in [6.07, 6.45) is 3.22. The summed E-state index contributed by atoms with van der Waals surface area (Å²) < 4.78 is 5.16. The number of carbonyl (C=O) groups excluding carboxylic acids is 1. The first-order chi connectivity index (χ1) is 9.40. The van der Waals surface area contributed by atoms with Crippen LogP contribution in [-0.4, -0.2) is 12.1 Å². The molecule has 3 nitrogen and oxygen atoms in total. The van der Waals surface area contributed by atoms with Gasteiger partial charge in [-0.25, -0.2) is 4.79 Å². The number of ether oxygens (including phenoxy) is 1. The molecule has 0 heterocycles. The van der Waals surface area contributed by atoms with Crippen LogP contribution in [-0.2, 0) is 4.74 Å². The van der Waals surface area contributed by atoms with Crippen LogP contribution < -0.4 is 5.73 Å². The summed E-state index contributed by atoms with van der Waals surface area (Å²) in [5.74, 6) is 0.440. The molecule has 0 bridgehead atoms. The Morgan fingerprint density at radius 1 is 1.10 bits per heavy atom. The molecule has 0 fully saturated rings. The molecule has 1 atom stereocenters. The van der Waals surface area contributed by atoms with Gasteiger partial charge in [0.2, 0.25) is 0 Å². The first kappa shape index (κ1) is 19.9. The molecule has 0 aliphatic heterocycles. The van der Waals surface area contributed by atoms with Gasteiger partial charge in [-0.15, -0.1) is 12.4 Å². The minimum Gasteiger partial charge on any atom is -0.459 e. The van der Waals surface area contributed by atoms with Crippen LogP contribution >= 0.6 is 12.4 Å². The van der Waals surface area contributed by atoms with E-state index in [0.29, 0.717) is 5.56 Å². The molecule has 0 saturated heterocycles. The Labute approximate surface area is 134 Å². The Balaban J connectivity index is 0.00000400. The quantitative estimate of drug-likeness (QED) is 0.754. The van der Waals surface area contributed by atoms with Gasteiger partial charge in [-0.2, -0.15) is 0 Å². The molecule has 0 unspecified atom stereocenters. The van der Waals surface area contributed by atoms with Crippen molar-refractivity contribution in [3.05, 3.63) is 35.4 Å². The van der Waals surface area contributed by atoms with E-state index < -0.39 is 0 Å². The topological polar surface area (TPSA) is 52.3 Å². The Kier molecular flexibility index (Phi) is 9.31. The summed E-state index contributed by atoms with van der Waals surface area (Å²) in [5, 5.41) is 0. The van der Waals surface area contributed by atoms with Gasteiger partial charge in [-0.05, 0) is 43.9 Å². The van der Waals surface area contributed by atoms with E-state index in [9.17, 15) is 4.79 Å². The minimum absolute atomic E-state index is 0. The average Bonchev–Trinajstić information content (AvgIpc) is 2.37. The zero-order chi connectivity index (χ0) is 15.1. The summed E-state index contributed by atoms with van der Waals surface area (Å²) in [4.78, 5) is 11.7. The summed E-state index contributed by atoms with van der Waals surface area (Å²) in [6, 6.07) is 7.49. The third kappa shape index (κ3) is 7.49. The number of benzene rings is 1. The van der Waals surface area contributed by atoms with E-state index in [4.69, 9.17) is 10.5 Å². The second kappa shape index (κ2) is 9.80. The number of rotatable bonds is 7. The second-order valence-corrected chi connectivity index (χ2v) is 6.01. The number of hydrogen-bond acceptors (Lipinski definition) is 3. The van der Waals surface area contributed by atoms with Crippen molar-refractivity contribution in [1.29, 1.82) is 0 Å². The molecule has 120 valence electrons. The fourth-order valence-electron chi connectivity index (χ4n) is 2.06. The molecule has 0 amide bonds. The van der Waals surface area contributed by atoms with Crippen LogP contribution in [0.3, 0.4) is 0 Å². The number of carbonyl (C=O) groups is 1. The monoisotopic (exact) mass is 313 g/mol. The van der Waals surface area contributed by atoms with Gasteiger partial charge in [0.05, 0.1) is 11.7 Å². The predicted octanol–water partition coefficient (Wildman–Crippen LogP) is 4.50. The van der Waals surface area contributed by atoms with E-state index >= 15 is 0 Å². The first-order valence-electron chi connectivity index (χ1n) is 7.46. The van der Waals surface area contributed by atoms with Crippen LogP contribution in [0, 0.1) is 5.92 Å². The van der Waals surface area contributed by atoms with Gasteiger partial charge in [0.15, 0.2) is 0 Å². The molecular weight excluding hydrogens is 286 g/mol. The molecule has 1 aromatic carbocycles. The van der Waals surface area contributed by atoms with Crippen LogP contribution in [0.2, 0.25) is 0 Å². The third-order valence-corrected chi connectivity index (χ3v) is 3.21. The van der Waals surface area contributed by atoms with Crippen molar-refractivity contribution in [1.82, 2.24) is 0 Å². The van der Waals surface area contributed by atoms with Crippen molar-refractivity contribution in [2.75, 3.05) is 0 Å². The highest BCUT2D eigenvalue weighted by Crippen LogP contribution is 2.19. The minimum atomic E-state index is -0.278. The molecule has 2 N–H and O–H groups in total. The lowest BCUT2D eigenvalue weighted by atomic mass is 9.98. The van der Waals surface area contributed by atoms with E-state index in [0.717, 1.165) is 24.3 Å². The maximum absolute atomic E-state index is 11.7. The van der Waals surface area contributed by atoms with Crippen LogP contribution in [0.5, 0.6) is 0 Å². The van der Waals surface area contributed by atoms with Crippen LogP contribution in [0.15, 0.2) is 24.3 Å². The lowest BCUT2D eigenvalue weighted by Crippen LogP contribution is -2.13. The van der Waals surface area contributed by atoms with Crippen molar-refractivity contribution in [2.45, 2.75) is 59.1 Å². The molecule has 0 aromatic heterocycles. The highest BCUT2D eigenvalue weighted by molar-refractivity contribution is 5.89. The summed E-state index contributed by atoms with van der Waals surface area (Å²) in [6.45, 7) is 8.13. The van der Waals surface area contributed by atoms with Gasteiger partial charge < -0.3 is 10.5 Å². The van der Waals surface area contributed by atoms with Crippen molar-refractivity contribution < 1.29 is 9.53 Å². The van der Waals surface area contributed by atoms with Crippen molar-refractivity contribution >= 4 is 18.4 Å². The first-order valence-corrected chi connectivity index (χ1v) is 7.46. The van der Waals surface area contributed by atoms with Gasteiger partial charge in [0.1, 0.15) is 0 Å². The number of esters is 1. The molecule has 0 radical (unpaired) electrons. The van der Waals surface area contributed by atoms with Gasteiger partial charge in [-0.1, -0.05) is 38.8 Å². The molecule has 0 aliphatic rings. The predicted molar refractivity (Wildman–Crippen MR) is 89.9 cm³/mol. The summed E-state index contributed by atoms with van der Waals surface area (Å²) in [5.41, 5.74) is 7.83. The van der Waals surface area contributed by atoms with E-state index in [1.807, 2.05) is 26.0 Å². The normalized spacial score (nSPS) is 12.1. The van der Waals surface area contributed by atoms with E-state index in [2.05, 4.69) is 13.8 Å². The Morgan fingerprint density at radius 3 is 2.14 bits per heavy atom. The van der Waals surface area contributed by atoms with Crippen molar-refractivity contribution in [3.8, 4) is 0 Å². The average molecular weight is 314 g/mol. The molecule has 4 heteroatoms. The lowest BCUT2D eigenvalue weighted by molar-refractivity contribution is 0.0378. The third-order valence-electron chi connectivity index (χ3n) is 3.21. The standard InChI is InChI=1S/C17H27NO2.ClH/c1-12(2)6-5-7-16(18)14-8-10-15(11-9-14)17(19)20-13(3)4;/h8-13,16H,5-7,18H2,1-4H3;1H/t16-;/m1./s1. The van der Waals surface area contributed by atoms with Gasteiger partial charge in [-0.3, -0.25) is 0 Å².